The van der Waals surface area contributed by atoms with E-state index in [1.807, 2.05) is 43.3 Å². The number of nitrogens with zero attached hydrogens (tertiary/aromatic N) is 1. The van der Waals surface area contributed by atoms with Gasteiger partial charge in [-0.1, -0.05) is 49.4 Å². The summed E-state index contributed by atoms with van der Waals surface area (Å²) in [6, 6.07) is 16.0. The molecule has 2 aromatic rings. The highest BCUT2D eigenvalue weighted by Gasteiger charge is 2.42. The fourth-order valence-corrected chi connectivity index (χ4v) is 3.65. The summed E-state index contributed by atoms with van der Waals surface area (Å²) in [5.74, 6) is 0.892. The van der Waals surface area contributed by atoms with Crippen LogP contribution in [0.3, 0.4) is 0 Å². The van der Waals surface area contributed by atoms with Crippen LogP contribution >= 0.6 is 0 Å². The summed E-state index contributed by atoms with van der Waals surface area (Å²) < 4.78 is 5.71. The van der Waals surface area contributed by atoms with E-state index in [-0.39, 0.29) is 5.78 Å². The average Bonchev–Trinajstić information content (AvgIpc) is 2.66. The summed E-state index contributed by atoms with van der Waals surface area (Å²) in [4.78, 5) is 15.7. The van der Waals surface area contributed by atoms with Gasteiger partial charge in [0.25, 0.3) is 0 Å². The molecule has 1 unspecified atom stereocenters. The zero-order valence-electron chi connectivity index (χ0n) is 15.7. The summed E-state index contributed by atoms with van der Waals surface area (Å²) >= 11 is 0. The number of hydrogen-bond donors (Lipinski definition) is 0. The monoisotopic (exact) mass is 349 g/mol. The van der Waals surface area contributed by atoms with Gasteiger partial charge in [0.15, 0.2) is 5.78 Å². The minimum atomic E-state index is -0.591. The van der Waals surface area contributed by atoms with Crippen LogP contribution in [0.2, 0.25) is 0 Å². The fraction of sp³-hybridized carbons (Fsp3) is 0.348. The van der Waals surface area contributed by atoms with Crippen LogP contribution in [0.15, 0.2) is 61.2 Å². The topological polar surface area (TPSA) is 29.5 Å². The molecule has 0 bridgehead atoms. The molecular formula is C23H27NO2. The van der Waals surface area contributed by atoms with E-state index in [1.54, 1.807) is 0 Å². The number of carbonyl (C=O) groups excluding carboxylic acids is 1. The first-order valence-corrected chi connectivity index (χ1v) is 9.29. The molecule has 26 heavy (non-hydrogen) atoms. The number of ketones is 1. The van der Waals surface area contributed by atoms with Gasteiger partial charge in [-0.15, -0.1) is 6.58 Å². The third-order valence-corrected chi connectivity index (χ3v) is 5.12. The molecule has 0 saturated heterocycles. The van der Waals surface area contributed by atoms with Crippen molar-refractivity contribution in [2.75, 3.05) is 13.2 Å². The highest BCUT2D eigenvalue weighted by molar-refractivity contribution is 6.03. The van der Waals surface area contributed by atoms with Gasteiger partial charge in [-0.2, -0.15) is 0 Å². The van der Waals surface area contributed by atoms with E-state index >= 15 is 0 Å². The third-order valence-electron chi connectivity index (χ3n) is 5.12. The Balaban J connectivity index is 1.94. The van der Waals surface area contributed by atoms with E-state index in [0.29, 0.717) is 25.1 Å². The number of Topliss-reactive ketones (excluding diaryl/α,β-unsaturated/α-hetero) is 1. The maximum Gasteiger partial charge on any atom is 0.183 e. The van der Waals surface area contributed by atoms with E-state index in [0.717, 1.165) is 18.7 Å². The van der Waals surface area contributed by atoms with Crippen LogP contribution in [0.5, 0.6) is 5.75 Å². The summed E-state index contributed by atoms with van der Waals surface area (Å²) in [5.41, 5.74) is 2.66. The third kappa shape index (κ3) is 3.58. The molecular weight excluding hydrogens is 322 g/mol. The first-order chi connectivity index (χ1) is 12.6. The molecule has 3 rings (SSSR count). The molecule has 3 heteroatoms. The van der Waals surface area contributed by atoms with Crippen molar-refractivity contribution in [3.8, 4) is 5.75 Å². The zero-order valence-corrected chi connectivity index (χ0v) is 15.7. The van der Waals surface area contributed by atoms with Crippen molar-refractivity contribution >= 4 is 5.78 Å². The molecule has 0 amide bonds. The largest absolute Gasteiger partial charge is 0.494 e. The molecule has 3 nitrogen and oxygen atoms in total. The summed E-state index contributed by atoms with van der Waals surface area (Å²) in [7, 11) is 0. The van der Waals surface area contributed by atoms with Crippen molar-refractivity contribution in [1.29, 1.82) is 0 Å². The number of carbonyl (C=O) groups is 1. The Morgan fingerprint density at radius 3 is 2.73 bits per heavy atom. The molecule has 0 saturated carbocycles. The van der Waals surface area contributed by atoms with Gasteiger partial charge in [0.1, 0.15) is 5.75 Å². The van der Waals surface area contributed by atoms with Crippen LogP contribution in [0.25, 0.3) is 0 Å². The Morgan fingerprint density at radius 2 is 2.00 bits per heavy atom. The second kappa shape index (κ2) is 7.88. The molecule has 1 heterocycles. The molecule has 0 N–H and O–H groups in total. The second-order valence-corrected chi connectivity index (χ2v) is 7.09. The molecule has 136 valence electrons. The van der Waals surface area contributed by atoms with E-state index in [4.69, 9.17) is 4.74 Å². The predicted molar refractivity (Wildman–Crippen MR) is 106 cm³/mol. The number of hydrogen-bond acceptors (Lipinski definition) is 3. The second-order valence-electron chi connectivity index (χ2n) is 7.09. The van der Waals surface area contributed by atoms with Gasteiger partial charge in [-0.3, -0.25) is 9.69 Å². The van der Waals surface area contributed by atoms with E-state index in [9.17, 15) is 4.79 Å². The van der Waals surface area contributed by atoms with Crippen molar-refractivity contribution in [3.63, 3.8) is 0 Å². The zero-order chi connectivity index (χ0) is 18.6. The standard InChI is InChI=1S/C23H27NO2/c1-4-13-24-17-20-10-7-6-9-19(20)16-23(24,3)22(25)18-11-8-12-21(15-18)26-14-5-2/h4,6-12,15H,1,5,13-14,16-17H2,2-3H3. The molecule has 1 aliphatic heterocycles. The lowest BCUT2D eigenvalue weighted by Gasteiger charge is -2.44. The van der Waals surface area contributed by atoms with Gasteiger partial charge >= 0.3 is 0 Å². The number of fused-ring (bicyclic) bond motifs is 1. The van der Waals surface area contributed by atoms with Gasteiger partial charge < -0.3 is 4.74 Å². The minimum absolute atomic E-state index is 0.135. The molecule has 0 aliphatic carbocycles. The quantitative estimate of drug-likeness (QED) is 0.538. The van der Waals surface area contributed by atoms with Crippen LogP contribution < -0.4 is 4.74 Å². The van der Waals surface area contributed by atoms with Crippen LogP contribution in [0, 0.1) is 0 Å². The van der Waals surface area contributed by atoms with Crippen LogP contribution in [-0.4, -0.2) is 29.4 Å². The first kappa shape index (κ1) is 18.4. The molecule has 0 radical (unpaired) electrons. The predicted octanol–water partition coefficient (Wildman–Crippen LogP) is 4.66. The van der Waals surface area contributed by atoms with Crippen molar-refractivity contribution in [2.24, 2.45) is 0 Å². The van der Waals surface area contributed by atoms with Crippen LogP contribution in [0.1, 0.15) is 41.8 Å². The highest BCUT2D eigenvalue weighted by atomic mass is 16.5. The molecule has 0 aromatic heterocycles. The number of rotatable bonds is 7. The molecule has 1 atom stereocenters. The van der Waals surface area contributed by atoms with Crippen molar-refractivity contribution in [2.45, 2.75) is 38.8 Å². The molecule has 0 spiro atoms. The highest BCUT2D eigenvalue weighted by Crippen LogP contribution is 2.34. The van der Waals surface area contributed by atoms with Crippen LogP contribution in [0.4, 0.5) is 0 Å². The smallest absolute Gasteiger partial charge is 0.183 e. The summed E-state index contributed by atoms with van der Waals surface area (Å²) in [6.07, 6.45) is 3.52. The van der Waals surface area contributed by atoms with Crippen molar-refractivity contribution < 1.29 is 9.53 Å². The van der Waals surface area contributed by atoms with Gasteiger partial charge in [-0.25, -0.2) is 0 Å². The Kier molecular flexibility index (Phi) is 5.58. The van der Waals surface area contributed by atoms with E-state index in [1.165, 1.54) is 11.1 Å². The van der Waals surface area contributed by atoms with Gasteiger partial charge in [0.05, 0.1) is 12.1 Å². The maximum absolute atomic E-state index is 13.5. The fourth-order valence-electron chi connectivity index (χ4n) is 3.65. The van der Waals surface area contributed by atoms with Gasteiger partial charge in [0, 0.05) is 18.7 Å². The van der Waals surface area contributed by atoms with Crippen molar-refractivity contribution in [1.82, 2.24) is 4.90 Å². The summed E-state index contributed by atoms with van der Waals surface area (Å²) in [6.45, 7) is 10.1. The minimum Gasteiger partial charge on any atom is -0.494 e. The van der Waals surface area contributed by atoms with E-state index < -0.39 is 5.54 Å². The SMILES string of the molecule is C=CCN1Cc2ccccc2CC1(C)C(=O)c1cccc(OCCC)c1. The van der Waals surface area contributed by atoms with Crippen molar-refractivity contribution in [3.05, 3.63) is 77.9 Å². The molecule has 2 aromatic carbocycles. The molecule has 1 aliphatic rings. The van der Waals surface area contributed by atoms with E-state index in [2.05, 4.69) is 36.6 Å². The Labute approximate surface area is 156 Å². The Morgan fingerprint density at radius 1 is 1.23 bits per heavy atom. The molecule has 0 fully saturated rings. The van der Waals surface area contributed by atoms with Crippen LogP contribution in [-0.2, 0) is 13.0 Å². The van der Waals surface area contributed by atoms with Gasteiger partial charge in [-0.05, 0) is 43.0 Å². The normalized spacial score (nSPS) is 19.6. The lowest BCUT2D eigenvalue weighted by atomic mass is 9.79. The lowest BCUT2D eigenvalue weighted by Crippen LogP contribution is -2.56. The number of benzene rings is 2. The lowest BCUT2D eigenvalue weighted by molar-refractivity contribution is 0.0561. The Hall–Kier alpha value is -2.39. The summed E-state index contributed by atoms with van der Waals surface area (Å²) in [5, 5.41) is 0. The Bertz CT molecular complexity index is 798. The number of ether oxygens (including phenoxy) is 1. The average molecular weight is 349 g/mol. The first-order valence-electron chi connectivity index (χ1n) is 9.29. The van der Waals surface area contributed by atoms with Gasteiger partial charge in [0.2, 0.25) is 0 Å². The maximum atomic E-state index is 13.5.